The molecule has 0 bridgehead atoms. The average molecular weight is 374 g/mol. The molecule has 5 heteroatoms. The molecule has 0 aliphatic carbocycles. The predicted octanol–water partition coefficient (Wildman–Crippen LogP) is 4.40. The highest BCUT2D eigenvalue weighted by atomic mass is 16.1. The molecule has 0 radical (unpaired) electrons. The number of carbonyl (C=O) groups excluding carboxylic acids is 1. The second kappa shape index (κ2) is 8.65. The van der Waals surface area contributed by atoms with Crippen LogP contribution < -0.4 is 10.2 Å². The van der Waals surface area contributed by atoms with E-state index in [4.69, 9.17) is 4.98 Å². The van der Waals surface area contributed by atoms with Gasteiger partial charge in [0.15, 0.2) is 5.82 Å². The third-order valence-electron chi connectivity index (χ3n) is 4.77. The number of benzene rings is 2. The van der Waals surface area contributed by atoms with Crippen LogP contribution in [-0.2, 0) is 0 Å². The van der Waals surface area contributed by atoms with Crippen molar-refractivity contribution in [1.29, 1.82) is 0 Å². The van der Waals surface area contributed by atoms with Gasteiger partial charge in [0.2, 0.25) is 0 Å². The number of rotatable bonds is 6. The molecule has 0 fully saturated rings. The molecule has 0 spiro atoms. The Balaban J connectivity index is 1.92. The molecule has 1 atom stereocenters. The molecular weight excluding hydrogens is 348 g/mol. The summed E-state index contributed by atoms with van der Waals surface area (Å²) in [5, 5.41) is 3.05. The van der Waals surface area contributed by atoms with E-state index >= 15 is 0 Å². The monoisotopic (exact) mass is 374 g/mol. The molecule has 1 heterocycles. The van der Waals surface area contributed by atoms with Gasteiger partial charge in [-0.25, -0.2) is 9.97 Å². The Morgan fingerprint density at radius 3 is 2.57 bits per heavy atom. The van der Waals surface area contributed by atoms with Crippen molar-refractivity contribution in [2.75, 3.05) is 18.5 Å². The van der Waals surface area contributed by atoms with E-state index in [0.29, 0.717) is 17.2 Å². The van der Waals surface area contributed by atoms with Gasteiger partial charge < -0.3 is 10.2 Å². The first-order valence-electron chi connectivity index (χ1n) is 9.50. The van der Waals surface area contributed by atoms with Gasteiger partial charge in [-0.2, -0.15) is 0 Å². The second-order valence-electron chi connectivity index (χ2n) is 6.92. The zero-order valence-electron chi connectivity index (χ0n) is 16.8. The van der Waals surface area contributed by atoms with Crippen molar-refractivity contribution in [3.63, 3.8) is 0 Å². The number of aromatic nitrogens is 2. The molecule has 0 saturated heterocycles. The topological polar surface area (TPSA) is 58.1 Å². The average Bonchev–Trinajstić information content (AvgIpc) is 2.73. The van der Waals surface area contributed by atoms with E-state index in [-0.39, 0.29) is 11.9 Å². The first kappa shape index (κ1) is 19.5. The van der Waals surface area contributed by atoms with Gasteiger partial charge in [-0.05, 0) is 32.4 Å². The normalized spacial score (nSPS) is 11.7. The molecule has 0 saturated carbocycles. The fourth-order valence-corrected chi connectivity index (χ4v) is 3.00. The molecule has 2 aromatic carbocycles. The van der Waals surface area contributed by atoms with Crippen LogP contribution in [0.5, 0.6) is 0 Å². The lowest BCUT2D eigenvalue weighted by atomic mass is 10.1. The molecule has 1 amide bonds. The quantitative estimate of drug-likeness (QED) is 0.695. The van der Waals surface area contributed by atoms with Crippen molar-refractivity contribution in [2.24, 2.45) is 0 Å². The third kappa shape index (κ3) is 4.36. The maximum Gasteiger partial charge on any atom is 0.257 e. The number of carbonyl (C=O) groups is 1. The van der Waals surface area contributed by atoms with Crippen molar-refractivity contribution < 1.29 is 4.79 Å². The van der Waals surface area contributed by atoms with Crippen molar-refractivity contribution in [3.8, 4) is 11.4 Å². The van der Waals surface area contributed by atoms with Gasteiger partial charge in [0.1, 0.15) is 11.4 Å². The predicted molar refractivity (Wildman–Crippen MR) is 113 cm³/mol. The van der Waals surface area contributed by atoms with Crippen LogP contribution in [0.15, 0.2) is 60.8 Å². The Morgan fingerprint density at radius 2 is 1.89 bits per heavy atom. The molecule has 0 aliphatic rings. The first-order chi connectivity index (χ1) is 13.5. The van der Waals surface area contributed by atoms with Crippen LogP contribution in [0.1, 0.15) is 41.4 Å². The smallest absolute Gasteiger partial charge is 0.257 e. The van der Waals surface area contributed by atoms with E-state index in [2.05, 4.69) is 10.3 Å². The molecule has 3 aromatic rings. The summed E-state index contributed by atoms with van der Waals surface area (Å²) in [7, 11) is 1.93. The zero-order chi connectivity index (χ0) is 20.1. The summed E-state index contributed by atoms with van der Waals surface area (Å²) < 4.78 is 0. The molecule has 144 valence electrons. The third-order valence-corrected chi connectivity index (χ3v) is 4.77. The number of anilines is 1. The second-order valence-corrected chi connectivity index (χ2v) is 6.92. The number of hydrogen-bond acceptors (Lipinski definition) is 4. The number of hydrogen-bond donors (Lipinski definition) is 1. The van der Waals surface area contributed by atoms with Gasteiger partial charge in [0.05, 0.1) is 6.04 Å². The van der Waals surface area contributed by atoms with Crippen LogP contribution >= 0.6 is 0 Å². The van der Waals surface area contributed by atoms with Gasteiger partial charge in [-0.3, -0.25) is 4.79 Å². The van der Waals surface area contributed by atoms with Gasteiger partial charge in [0.25, 0.3) is 5.91 Å². The summed E-state index contributed by atoms with van der Waals surface area (Å²) in [5.41, 5.74) is 3.61. The minimum atomic E-state index is -0.178. The minimum Gasteiger partial charge on any atom is -0.359 e. The number of nitrogens with one attached hydrogen (secondary N) is 1. The minimum absolute atomic E-state index is 0.107. The van der Waals surface area contributed by atoms with Crippen LogP contribution in [0, 0.1) is 6.92 Å². The first-order valence-corrected chi connectivity index (χ1v) is 9.50. The molecule has 1 unspecified atom stereocenters. The number of nitrogens with zero attached hydrogens (tertiary/aromatic N) is 3. The SMILES string of the molecule is CCN(C)c1nc(-c2cccc(C)c2)ncc1C(=O)NC(C)c1ccccc1. The molecule has 1 aromatic heterocycles. The van der Waals surface area contributed by atoms with Crippen LogP contribution in [0.3, 0.4) is 0 Å². The van der Waals surface area contributed by atoms with Gasteiger partial charge >= 0.3 is 0 Å². The van der Waals surface area contributed by atoms with Crippen LogP contribution in [-0.4, -0.2) is 29.5 Å². The van der Waals surface area contributed by atoms with Crippen LogP contribution in [0.25, 0.3) is 11.4 Å². The highest BCUT2D eigenvalue weighted by molar-refractivity contribution is 5.99. The highest BCUT2D eigenvalue weighted by Gasteiger charge is 2.20. The number of aryl methyl sites for hydroxylation is 1. The molecule has 28 heavy (non-hydrogen) atoms. The van der Waals surface area contributed by atoms with E-state index in [1.807, 2.05) is 87.3 Å². The maximum atomic E-state index is 13.0. The van der Waals surface area contributed by atoms with E-state index in [9.17, 15) is 4.79 Å². The summed E-state index contributed by atoms with van der Waals surface area (Å²) in [6.45, 7) is 6.77. The van der Waals surface area contributed by atoms with Crippen LogP contribution in [0.2, 0.25) is 0 Å². The summed E-state index contributed by atoms with van der Waals surface area (Å²) in [6, 6.07) is 17.8. The molecule has 1 N–H and O–H groups in total. The summed E-state index contributed by atoms with van der Waals surface area (Å²) in [6.07, 6.45) is 1.62. The van der Waals surface area contributed by atoms with Gasteiger partial charge in [-0.1, -0.05) is 54.1 Å². The largest absolute Gasteiger partial charge is 0.359 e. The Hall–Kier alpha value is -3.21. The summed E-state index contributed by atoms with van der Waals surface area (Å²) >= 11 is 0. The summed E-state index contributed by atoms with van der Waals surface area (Å²) in [5.74, 6) is 1.07. The van der Waals surface area contributed by atoms with E-state index in [1.165, 1.54) is 0 Å². The highest BCUT2D eigenvalue weighted by Crippen LogP contribution is 2.23. The molecule has 0 aliphatic heterocycles. The lowest BCUT2D eigenvalue weighted by Gasteiger charge is -2.21. The van der Waals surface area contributed by atoms with E-state index < -0.39 is 0 Å². The van der Waals surface area contributed by atoms with Crippen molar-refractivity contribution in [1.82, 2.24) is 15.3 Å². The Labute approximate surface area is 166 Å². The molecular formula is C23H26N4O. The Morgan fingerprint density at radius 1 is 1.14 bits per heavy atom. The molecule has 5 nitrogen and oxygen atoms in total. The van der Waals surface area contributed by atoms with Gasteiger partial charge in [0, 0.05) is 25.4 Å². The Bertz CT molecular complexity index is 956. The lowest BCUT2D eigenvalue weighted by molar-refractivity contribution is 0.0939. The fourth-order valence-electron chi connectivity index (χ4n) is 3.00. The van der Waals surface area contributed by atoms with Crippen molar-refractivity contribution >= 4 is 11.7 Å². The maximum absolute atomic E-state index is 13.0. The zero-order valence-corrected chi connectivity index (χ0v) is 16.8. The van der Waals surface area contributed by atoms with Crippen LogP contribution in [0.4, 0.5) is 5.82 Å². The Kier molecular flexibility index (Phi) is 6.04. The standard InChI is InChI=1S/C23H26N4O/c1-5-27(4)22-20(23(28)25-17(3)18-11-7-6-8-12-18)15-24-21(26-22)19-13-9-10-16(2)14-19/h6-15,17H,5H2,1-4H3,(H,25,28). The number of amides is 1. The van der Waals surface area contributed by atoms with E-state index in [1.54, 1.807) is 6.20 Å². The lowest BCUT2D eigenvalue weighted by Crippen LogP contribution is -2.30. The fraction of sp³-hybridized carbons (Fsp3) is 0.261. The molecule has 3 rings (SSSR count). The van der Waals surface area contributed by atoms with E-state index in [0.717, 1.165) is 23.2 Å². The van der Waals surface area contributed by atoms with Gasteiger partial charge in [-0.15, -0.1) is 0 Å². The summed E-state index contributed by atoms with van der Waals surface area (Å²) in [4.78, 5) is 24.1. The van der Waals surface area contributed by atoms with Crippen molar-refractivity contribution in [3.05, 3.63) is 77.5 Å². The van der Waals surface area contributed by atoms with Crippen molar-refractivity contribution in [2.45, 2.75) is 26.8 Å².